The molecule has 1 aliphatic rings. The van der Waals surface area contributed by atoms with Gasteiger partial charge in [0.2, 0.25) is 0 Å². The average Bonchev–Trinajstić information content (AvgIpc) is 2.46. The zero-order valence-electron chi connectivity index (χ0n) is 11.2. The van der Waals surface area contributed by atoms with Crippen molar-refractivity contribution in [3.8, 4) is 5.75 Å². The molecule has 1 saturated heterocycles. The molecule has 0 atom stereocenters. The van der Waals surface area contributed by atoms with Crippen LogP contribution in [0.5, 0.6) is 5.75 Å². The fourth-order valence-corrected chi connectivity index (χ4v) is 1.92. The van der Waals surface area contributed by atoms with Crippen LogP contribution in [0.1, 0.15) is 5.56 Å². The Morgan fingerprint density at radius 3 is 2.84 bits per heavy atom. The van der Waals surface area contributed by atoms with Crippen molar-refractivity contribution < 1.29 is 14.3 Å². The summed E-state index contributed by atoms with van der Waals surface area (Å²) in [4.78, 5) is 13.5. The number of aryl methyl sites for hydroxylation is 1. The van der Waals surface area contributed by atoms with Gasteiger partial charge in [-0.25, -0.2) is 4.79 Å². The van der Waals surface area contributed by atoms with Crippen LogP contribution >= 0.6 is 0 Å². The number of carbonyl (C=O) groups is 1. The third-order valence-corrected chi connectivity index (χ3v) is 3.03. The summed E-state index contributed by atoms with van der Waals surface area (Å²) < 4.78 is 10.8. The highest BCUT2D eigenvalue weighted by Gasteiger charge is 2.15. The second kappa shape index (κ2) is 6.99. The second-order valence-electron chi connectivity index (χ2n) is 4.45. The Morgan fingerprint density at radius 2 is 2.11 bits per heavy atom. The first kappa shape index (κ1) is 13.7. The maximum Gasteiger partial charge on any atom is 0.317 e. The van der Waals surface area contributed by atoms with Gasteiger partial charge in [0.1, 0.15) is 12.4 Å². The van der Waals surface area contributed by atoms with E-state index in [0.29, 0.717) is 39.5 Å². The molecule has 1 aromatic carbocycles. The van der Waals surface area contributed by atoms with Crippen molar-refractivity contribution in [1.29, 1.82) is 0 Å². The minimum atomic E-state index is -0.0447. The number of nitrogens with zero attached hydrogens (tertiary/aromatic N) is 1. The quantitative estimate of drug-likeness (QED) is 0.837. The third-order valence-electron chi connectivity index (χ3n) is 3.03. The Kier molecular flexibility index (Phi) is 5.03. The molecule has 1 N–H and O–H groups in total. The highest BCUT2D eigenvalue weighted by molar-refractivity contribution is 5.74. The third kappa shape index (κ3) is 4.13. The van der Waals surface area contributed by atoms with Crippen molar-refractivity contribution in [3.63, 3.8) is 0 Å². The molecule has 0 saturated carbocycles. The first-order chi connectivity index (χ1) is 9.27. The van der Waals surface area contributed by atoms with E-state index in [9.17, 15) is 4.79 Å². The summed E-state index contributed by atoms with van der Waals surface area (Å²) in [6.45, 7) is 5.53. The number of morpholine rings is 1. The topological polar surface area (TPSA) is 50.8 Å². The predicted molar refractivity (Wildman–Crippen MR) is 72.5 cm³/mol. The number of benzene rings is 1. The molecule has 0 spiro atoms. The van der Waals surface area contributed by atoms with E-state index in [4.69, 9.17) is 9.47 Å². The number of carbonyl (C=O) groups excluding carboxylic acids is 1. The van der Waals surface area contributed by atoms with Gasteiger partial charge in [0.15, 0.2) is 0 Å². The molecular formula is C14H20N2O3. The van der Waals surface area contributed by atoms with Crippen LogP contribution in [0.2, 0.25) is 0 Å². The fourth-order valence-electron chi connectivity index (χ4n) is 1.92. The number of rotatable bonds is 4. The Morgan fingerprint density at radius 1 is 1.37 bits per heavy atom. The van der Waals surface area contributed by atoms with Gasteiger partial charge < -0.3 is 19.7 Å². The molecule has 5 nitrogen and oxygen atoms in total. The van der Waals surface area contributed by atoms with Crippen molar-refractivity contribution in [2.45, 2.75) is 6.92 Å². The summed E-state index contributed by atoms with van der Waals surface area (Å²) in [5, 5.41) is 2.85. The molecule has 0 unspecified atom stereocenters. The molecule has 2 amide bonds. The lowest BCUT2D eigenvalue weighted by Crippen LogP contribution is -2.47. The molecule has 0 bridgehead atoms. The van der Waals surface area contributed by atoms with Crippen LogP contribution in [-0.4, -0.2) is 50.4 Å². The van der Waals surface area contributed by atoms with Gasteiger partial charge in [-0.15, -0.1) is 0 Å². The van der Waals surface area contributed by atoms with E-state index in [1.54, 1.807) is 4.90 Å². The first-order valence-electron chi connectivity index (χ1n) is 6.56. The number of nitrogens with one attached hydrogen (secondary N) is 1. The summed E-state index contributed by atoms with van der Waals surface area (Å²) in [5.74, 6) is 0.864. The molecule has 1 aliphatic heterocycles. The van der Waals surface area contributed by atoms with Crippen LogP contribution in [-0.2, 0) is 4.74 Å². The minimum Gasteiger partial charge on any atom is -0.491 e. The van der Waals surface area contributed by atoms with E-state index < -0.39 is 0 Å². The van der Waals surface area contributed by atoms with Crippen LogP contribution in [0.25, 0.3) is 0 Å². The lowest BCUT2D eigenvalue weighted by atomic mass is 10.2. The molecule has 0 aliphatic carbocycles. The van der Waals surface area contributed by atoms with Crippen LogP contribution in [0.15, 0.2) is 24.3 Å². The second-order valence-corrected chi connectivity index (χ2v) is 4.45. The average molecular weight is 264 g/mol. The zero-order valence-corrected chi connectivity index (χ0v) is 11.2. The number of para-hydroxylation sites is 1. The van der Waals surface area contributed by atoms with Crippen LogP contribution < -0.4 is 10.1 Å². The maximum atomic E-state index is 11.8. The maximum absolute atomic E-state index is 11.8. The molecule has 1 aromatic rings. The lowest BCUT2D eigenvalue weighted by molar-refractivity contribution is 0.0530. The SMILES string of the molecule is Cc1ccccc1OCCNC(=O)N1CCOCC1. The summed E-state index contributed by atoms with van der Waals surface area (Å²) in [7, 11) is 0. The van der Waals surface area contributed by atoms with Crippen molar-refractivity contribution in [1.82, 2.24) is 10.2 Å². The Bertz CT molecular complexity index is 417. The summed E-state index contributed by atoms with van der Waals surface area (Å²) in [6.07, 6.45) is 0. The predicted octanol–water partition coefficient (Wildman–Crippen LogP) is 1.42. The first-order valence-corrected chi connectivity index (χ1v) is 6.56. The van der Waals surface area contributed by atoms with Gasteiger partial charge in [0, 0.05) is 13.1 Å². The van der Waals surface area contributed by atoms with E-state index in [2.05, 4.69) is 5.32 Å². The summed E-state index contributed by atoms with van der Waals surface area (Å²) >= 11 is 0. The molecular weight excluding hydrogens is 244 g/mol. The molecule has 2 rings (SSSR count). The number of ether oxygens (including phenoxy) is 2. The smallest absolute Gasteiger partial charge is 0.317 e. The van der Waals surface area contributed by atoms with Gasteiger partial charge in [-0.2, -0.15) is 0 Å². The van der Waals surface area contributed by atoms with E-state index >= 15 is 0 Å². The molecule has 5 heteroatoms. The van der Waals surface area contributed by atoms with Crippen molar-refractivity contribution in [2.75, 3.05) is 39.5 Å². The highest BCUT2D eigenvalue weighted by Crippen LogP contribution is 2.15. The molecule has 19 heavy (non-hydrogen) atoms. The lowest BCUT2D eigenvalue weighted by Gasteiger charge is -2.26. The zero-order chi connectivity index (χ0) is 13.5. The van der Waals surface area contributed by atoms with E-state index in [-0.39, 0.29) is 6.03 Å². The monoisotopic (exact) mass is 264 g/mol. The van der Waals surface area contributed by atoms with Gasteiger partial charge in [-0.05, 0) is 18.6 Å². The Balaban J connectivity index is 1.66. The summed E-state index contributed by atoms with van der Waals surface area (Å²) in [6, 6.07) is 7.80. The number of hydrogen-bond acceptors (Lipinski definition) is 3. The fraction of sp³-hybridized carbons (Fsp3) is 0.500. The number of amides is 2. The van der Waals surface area contributed by atoms with Crippen molar-refractivity contribution in [3.05, 3.63) is 29.8 Å². The molecule has 1 heterocycles. The Hall–Kier alpha value is -1.75. The van der Waals surface area contributed by atoms with Gasteiger partial charge in [0.05, 0.1) is 19.8 Å². The standard InChI is InChI=1S/C14H20N2O3/c1-12-4-2-3-5-13(12)19-9-6-15-14(17)16-7-10-18-11-8-16/h2-5H,6-11H2,1H3,(H,15,17). The van der Waals surface area contributed by atoms with Gasteiger partial charge in [-0.1, -0.05) is 18.2 Å². The van der Waals surface area contributed by atoms with Crippen molar-refractivity contribution in [2.24, 2.45) is 0 Å². The van der Waals surface area contributed by atoms with Gasteiger partial charge in [0.25, 0.3) is 0 Å². The molecule has 1 fully saturated rings. The van der Waals surface area contributed by atoms with E-state index in [1.165, 1.54) is 0 Å². The minimum absolute atomic E-state index is 0.0447. The van der Waals surface area contributed by atoms with E-state index in [0.717, 1.165) is 11.3 Å². The van der Waals surface area contributed by atoms with Crippen LogP contribution in [0, 0.1) is 6.92 Å². The van der Waals surface area contributed by atoms with E-state index in [1.807, 2.05) is 31.2 Å². The number of hydrogen-bond donors (Lipinski definition) is 1. The van der Waals surface area contributed by atoms with Gasteiger partial charge >= 0.3 is 6.03 Å². The molecule has 104 valence electrons. The van der Waals surface area contributed by atoms with Crippen molar-refractivity contribution >= 4 is 6.03 Å². The molecule has 0 radical (unpaired) electrons. The van der Waals surface area contributed by atoms with Gasteiger partial charge in [-0.3, -0.25) is 0 Å². The Labute approximate surface area is 113 Å². The summed E-state index contributed by atoms with van der Waals surface area (Å²) in [5.41, 5.74) is 1.10. The molecule has 0 aromatic heterocycles. The number of urea groups is 1. The highest BCUT2D eigenvalue weighted by atomic mass is 16.5. The largest absolute Gasteiger partial charge is 0.491 e. The van der Waals surface area contributed by atoms with Crippen LogP contribution in [0.4, 0.5) is 4.79 Å². The van der Waals surface area contributed by atoms with Crippen LogP contribution in [0.3, 0.4) is 0 Å². The normalized spacial score (nSPS) is 15.1.